The average Bonchev–Trinajstić information content (AvgIpc) is 2.85. The van der Waals surface area contributed by atoms with Crippen LogP contribution >= 0.6 is 0 Å². The van der Waals surface area contributed by atoms with Gasteiger partial charge in [-0.2, -0.15) is 23.3 Å². The van der Waals surface area contributed by atoms with E-state index in [-0.39, 0.29) is 17.1 Å². The summed E-state index contributed by atoms with van der Waals surface area (Å²) in [5, 5.41) is 14.1. The Morgan fingerprint density at radius 3 is 2.50 bits per heavy atom. The molecule has 2 rings (SSSR count). The molecule has 1 amide bonds. The van der Waals surface area contributed by atoms with Gasteiger partial charge in [-0.3, -0.25) is 4.79 Å². The van der Waals surface area contributed by atoms with Crippen LogP contribution in [0, 0.1) is 6.92 Å². The van der Waals surface area contributed by atoms with E-state index in [2.05, 4.69) is 5.10 Å². The highest BCUT2D eigenvalue weighted by Gasteiger charge is 2.62. The Hall–Kier alpha value is -1.89. The summed E-state index contributed by atoms with van der Waals surface area (Å²) >= 11 is 0. The number of hydrogen-bond donors (Lipinski definition) is 1. The van der Waals surface area contributed by atoms with Gasteiger partial charge in [-0.05, 0) is 25.3 Å². The Labute approximate surface area is 139 Å². The van der Waals surface area contributed by atoms with Crippen molar-refractivity contribution in [1.82, 2.24) is 5.01 Å². The molecule has 1 aromatic rings. The molecule has 1 aromatic carbocycles. The molecule has 24 heavy (non-hydrogen) atoms. The van der Waals surface area contributed by atoms with E-state index >= 15 is 0 Å². The SMILES string of the molecule is CCCCC1=NN(C(=O)Cc2ccc(C)cc2)[C@](O)(C(F)(F)F)C1. The summed E-state index contributed by atoms with van der Waals surface area (Å²) in [7, 11) is 0. The van der Waals surface area contributed by atoms with Crippen LogP contribution < -0.4 is 0 Å². The molecule has 0 saturated heterocycles. The second kappa shape index (κ2) is 6.93. The first-order valence-electron chi connectivity index (χ1n) is 7.91. The van der Waals surface area contributed by atoms with Crippen LogP contribution in [0.25, 0.3) is 0 Å². The van der Waals surface area contributed by atoms with Crippen molar-refractivity contribution < 1.29 is 23.1 Å². The Bertz CT molecular complexity index is 626. The van der Waals surface area contributed by atoms with E-state index in [9.17, 15) is 23.1 Å². The van der Waals surface area contributed by atoms with Gasteiger partial charge in [0.15, 0.2) is 0 Å². The predicted molar refractivity (Wildman–Crippen MR) is 84.3 cm³/mol. The number of aryl methyl sites for hydroxylation is 1. The molecule has 4 nitrogen and oxygen atoms in total. The van der Waals surface area contributed by atoms with Crippen molar-refractivity contribution in [2.24, 2.45) is 5.10 Å². The molecule has 132 valence electrons. The van der Waals surface area contributed by atoms with Gasteiger partial charge in [0.2, 0.25) is 5.91 Å². The summed E-state index contributed by atoms with van der Waals surface area (Å²) in [4.78, 5) is 12.3. The number of carbonyl (C=O) groups is 1. The maximum atomic E-state index is 13.3. The number of carbonyl (C=O) groups excluding carboxylic acids is 1. The largest absolute Gasteiger partial charge is 0.438 e. The average molecular weight is 342 g/mol. The molecular weight excluding hydrogens is 321 g/mol. The second-order valence-electron chi connectivity index (χ2n) is 6.13. The van der Waals surface area contributed by atoms with Crippen molar-refractivity contribution in [1.29, 1.82) is 0 Å². The third kappa shape index (κ3) is 3.77. The molecular formula is C17H21F3N2O2. The first kappa shape index (κ1) is 18.4. The van der Waals surface area contributed by atoms with Gasteiger partial charge in [-0.15, -0.1) is 0 Å². The summed E-state index contributed by atoms with van der Waals surface area (Å²) in [6.07, 6.45) is -4.11. The number of nitrogens with zero attached hydrogens (tertiary/aromatic N) is 2. The summed E-state index contributed by atoms with van der Waals surface area (Å²) in [6, 6.07) is 6.91. The number of unbranched alkanes of at least 4 members (excludes halogenated alkanes) is 1. The van der Waals surface area contributed by atoms with E-state index in [0.717, 1.165) is 12.0 Å². The summed E-state index contributed by atoms with van der Waals surface area (Å²) in [5.41, 5.74) is -1.49. The fourth-order valence-electron chi connectivity index (χ4n) is 2.58. The van der Waals surface area contributed by atoms with E-state index in [1.165, 1.54) is 0 Å². The summed E-state index contributed by atoms with van der Waals surface area (Å²) < 4.78 is 40.0. The molecule has 1 atom stereocenters. The molecule has 1 aliphatic rings. The van der Waals surface area contributed by atoms with Crippen LogP contribution in [0.2, 0.25) is 0 Å². The molecule has 0 radical (unpaired) electrons. The van der Waals surface area contributed by atoms with E-state index in [1.807, 2.05) is 13.8 Å². The van der Waals surface area contributed by atoms with Crippen LogP contribution in [0.5, 0.6) is 0 Å². The van der Waals surface area contributed by atoms with Gasteiger partial charge in [0.1, 0.15) is 0 Å². The number of hydrazone groups is 1. The third-order valence-electron chi connectivity index (χ3n) is 4.03. The Balaban J connectivity index is 2.22. The number of rotatable bonds is 5. The molecule has 1 heterocycles. The first-order valence-corrected chi connectivity index (χ1v) is 7.91. The van der Waals surface area contributed by atoms with E-state index < -0.39 is 24.2 Å². The minimum atomic E-state index is -4.96. The minimum absolute atomic E-state index is 0.203. The standard InChI is InChI=1S/C17H21F3N2O2/c1-3-4-5-14-11-16(24,17(18,19)20)22(21-14)15(23)10-13-8-6-12(2)7-9-13/h6-9,24H,3-5,10-11H2,1-2H3/t16-/m1/s1. The van der Waals surface area contributed by atoms with Gasteiger partial charge < -0.3 is 5.11 Å². The van der Waals surface area contributed by atoms with Gasteiger partial charge in [-0.1, -0.05) is 43.2 Å². The Morgan fingerprint density at radius 1 is 1.33 bits per heavy atom. The second-order valence-corrected chi connectivity index (χ2v) is 6.13. The van der Waals surface area contributed by atoms with E-state index in [0.29, 0.717) is 18.4 Å². The third-order valence-corrected chi connectivity index (χ3v) is 4.03. The summed E-state index contributed by atoms with van der Waals surface area (Å²) in [5.74, 6) is -0.870. The zero-order valence-electron chi connectivity index (χ0n) is 13.7. The van der Waals surface area contributed by atoms with Crippen LogP contribution in [0.3, 0.4) is 0 Å². The van der Waals surface area contributed by atoms with Gasteiger partial charge in [0.25, 0.3) is 5.72 Å². The van der Waals surface area contributed by atoms with Gasteiger partial charge in [0.05, 0.1) is 6.42 Å². The molecule has 1 aliphatic heterocycles. The van der Waals surface area contributed by atoms with Gasteiger partial charge in [-0.25, -0.2) is 0 Å². The number of alkyl halides is 3. The maximum Gasteiger partial charge on any atom is 0.438 e. The highest BCUT2D eigenvalue weighted by molar-refractivity contribution is 5.91. The number of hydrogen-bond acceptors (Lipinski definition) is 3. The van der Waals surface area contributed by atoms with Crippen LogP contribution in [0.4, 0.5) is 13.2 Å². The van der Waals surface area contributed by atoms with Crippen molar-refractivity contribution in [2.75, 3.05) is 0 Å². The quantitative estimate of drug-likeness (QED) is 0.889. The van der Waals surface area contributed by atoms with Crippen LogP contribution in [-0.4, -0.2) is 33.6 Å². The zero-order valence-corrected chi connectivity index (χ0v) is 13.7. The highest BCUT2D eigenvalue weighted by Crippen LogP contribution is 2.41. The topological polar surface area (TPSA) is 52.9 Å². The molecule has 0 unspecified atom stereocenters. The van der Waals surface area contributed by atoms with Crippen molar-refractivity contribution in [2.45, 2.75) is 57.9 Å². The smallest absolute Gasteiger partial charge is 0.362 e. The highest BCUT2D eigenvalue weighted by atomic mass is 19.4. The maximum absolute atomic E-state index is 13.3. The lowest BCUT2D eigenvalue weighted by molar-refractivity contribution is -0.302. The molecule has 0 bridgehead atoms. The molecule has 0 spiro atoms. The van der Waals surface area contributed by atoms with E-state index in [1.54, 1.807) is 24.3 Å². The predicted octanol–water partition coefficient (Wildman–Crippen LogP) is 3.57. The number of amides is 1. The van der Waals surface area contributed by atoms with Crippen molar-refractivity contribution in [3.8, 4) is 0 Å². The van der Waals surface area contributed by atoms with Crippen molar-refractivity contribution in [3.63, 3.8) is 0 Å². The number of aliphatic hydroxyl groups is 1. The van der Waals surface area contributed by atoms with Crippen molar-refractivity contribution in [3.05, 3.63) is 35.4 Å². The zero-order chi connectivity index (χ0) is 18.0. The monoisotopic (exact) mass is 342 g/mol. The minimum Gasteiger partial charge on any atom is -0.362 e. The number of benzene rings is 1. The Morgan fingerprint density at radius 2 is 1.96 bits per heavy atom. The lowest BCUT2D eigenvalue weighted by Gasteiger charge is -2.32. The fraction of sp³-hybridized carbons (Fsp3) is 0.529. The normalized spacial score (nSPS) is 21.1. The molecule has 0 aliphatic carbocycles. The van der Waals surface area contributed by atoms with Gasteiger partial charge >= 0.3 is 6.18 Å². The number of halogens is 3. The molecule has 0 aromatic heterocycles. The summed E-state index contributed by atoms with van der Waals surface area (Å²) in [6.45, 7) is 3.78. The van der Waals surface area contributed by atoms with Crippen LogP contribution in [0.1, 0.15) is 43.7 Å². The van der Waals surface area contributed by atoms with Crippen LogP contribution in [0.15, 0.2) is 29.4 Å². The molecule has 0 fully saturated rings. The molecule has 7 heteroatoms. The lowest BCUT2D eigenvalue weighted by atomic mass is 10.0. The molecule has 0 saturated carbocycles. The van der Waals surface area contributed by atoms with Crippen LogP contribution in [-0.2, 0) is 11.2 Å². The lowest BCUT2D eigenvalue weighted by Crippen LogP contribution is -2.57. The van der Waals surface area contributed by atoms with E-state index in [4.69, 9.17) is 0 Å². The fourth-order valence-corrected chi connectivity index (χ4v) is 2.58. The molecule has 1 N–H and O–H groups in total. The van der Waals surface area contributed by atoms with Crippen molar-refractivity contribution >= 4 is 11.6 Å². The first-order chi connectivity index (χ1) is 11.2. The Kier molecular flexibility index (Phi) is 5.32. The van der Waals surface area contributed by atoms with Gasteiger partial charge in [0, 0.05) is 12.1 Å².